The molecular formula is C24H29N3O6. The monoisotopic (exact) mass is 455 g/mol. The second kappa shape index (κ2) is 10.2. The van der Waals surface area contributed by atoms with E-state index < -0.39 is 42.5 Å². The van der Waals surface area contributed by atoms with Crippen molar-refractivity contribution in [3.05, 3.63) is 82.2 Å². The largest absolute Gasteiger partial charge is 0.395 e. The van der Waals surface area contributed by atoms with Gasteiger partial charge in [-0.3, -0.25) is 0 Å². The number of ether oxygens (including phenoxy) is 5. The highest BCUT2D eigenvalue weighted by Crippen LogP contribution is 2.43. The summed E-state index contributed by atoms with van der Waals surface area (Å²) >= 11 is 0. The Morgan fingerprint density at radius 2 is 1.67 bits per heavy atom. The van der Waals surface area contributed by atoms with Crippen molar-refractivity contribution >= 4 is 0 Å². The van der Waals surface area contributed by atoms with Gasteiger partial charge in [-0.1, -0.05) is 65.8 Å². The lowest BCUT2D eigenvalue weighted by molar-refractivity contribution is -0.231. The maximum atomic E-state index is 10.4. The van der Waals surface area contributed by atoms with Gasteiger partial charge in [0.2, 0.25) is 0 Å². The summed E-state index contributed by atoms with van der Waals surface area (Å²) in [6.07, 6.45) is -2.78. The van der Waals surface area contributed by atoms with E-state index in [2.05, 4.69) is 10.0 Å². The number of rotatable bonds is 10. The Balaban J connectivity index is 1.55. The van der Waals surface area contributed by atoms with Crippen LogP contribution in [0.25, 0.3) is 10.4 Å². The highest BCUT2D eigenvalue weighted by Gasteiger charge is 2.61. The SMILES string of the molecule is CC1(C)O[C@H]2O[C@H](C(CO)(COCc3ccccc3)N=[N+]=[N-])[C@@H](OCc3ccccc3)[C@H]2O1. The lowest BCUT2D eigenvalue weighted by atomic mass is 9.90. The van der Waals surface area contributed by atoms with Crippen LogP contribution in [0.5, 0.6) is 0 Å². The Morgan fingerprint density at radius 1 is 1.03 bits per heavy atom. The van der Waals surface area contributed by atoms with Crippen molar-refractivity contribution < 1.29 is 28.8 Å². The number of benzene rings is 2. The lowest BCUT2D eigenvalue weighted by Gasteiger charge is -2.36. The predicted octanol–water partition coefficient (Wildman–Crippen LogP) is 3.71. The normalized spacial score (nSPS) is 27.5. The van der Waals surface area contributed by atoms with Gasteiger partial charge in [-0.25, -0.2) is 0 Å². The van der Waals surface area contributed by atoms with E-state index in [1.165, 1.54) is 0 Å². The van der Waals surface area contributed by atoms with E-state index in [-0.39, 0.29) is 6.61 Å². The smallest absolute Gasteiger partial charge is 0.190 e. The third kappa shape index (κ3) is 5.37. The van der Waals surface area contributed by atoms with Gasteiger partial charge in [0.15, 0.2) is 12.1 Å². The fraction of sp³-hybridized carbons (Fsp3) is 0.500. The van der Waals surface area contributed by atoms with Gasteiger partial charge in [-0.05, 0) is 30.5 Å². The van der Waals surface area contributed by atoms with Gasteiger partial charge in [0.25, 0.3) is 0 Å². The second-order valence-corrected chi connectivity index (χ2v) is 8.72. The van der Waals surface area contributed by atoms with Crippen LogP contribution in [0, 0.1) is 0 Å². The Morgan fingerprint density at radius 3 is 2.27 bits per heavy atom. The number of aliphatic hydroxyl groups excluding tert-OH is 1. The Bertz CT molecular complexity index is 953. The van der Waals surface area contributed by atoms with Crippen LogP contribution in [0.1, 0.15) is 25.0 Å². The molecule has 0 amide bonds. The van der Waals surface area contributed by atoms with Crippen LogP contribution < -0.4 is 0 Å². The van der Waals surface area contributed by atoms with Gasteiger partial charge in [0.05, 0.1) is 26.4 Å². The van der Waals surface area contributed by atoms with Crippen molar-refractivity contribution in [3.63, 3.8) is 0 Å². The molecule has 9 heteroatoms. The molecule has 2 saturated heterocycles. The van der Waals surface area contributed by atoms with E-state index in [9.17, 15) is 10.6 Å². The maximum Gasteiger partial charge on any atom is 0.190 e. The van der Waals surface area contributed by atoms with Crippen molar-refractivity contribution in [2.75, 3.05) is 13.2 Å². The molecular weight excluding hydrogens is 426 g/mol. The summed E-state index contributed by atoms with van der Waals surface area (Å²) in [6.45, 7) is 3.62. The molecule has 0 saturated carbocycles. The minimum absolute atomic E-state index is 0.0683. The topological polar surface area (TPSA) is 115 Å². The molecule has 0 radical (unpaired) electrons. The zero-order valence-electron chi connectivity index (χ0n) is 18.7. The molecule has 0 spiro atoms. The van der Waals surface area contributed by atoms with Crippen LogP contribution in [0.15, 0.2) is 65.8 Å². The van der Waals surface area contributed by atoms with Gasteiger partial charge in [-0.2, -0.15) is 0 Å². The van der Waals surface area contributed by atoms with E-state index in [4.69, 9.17) is 23.7 Å². The minimum atomic E-state index is -1.42. The first kappa shape index (κ1) is 23.7. The molecule has 2 aromatic carbocycles. The Hall–Kier alpha value is -2.49. The Labute approximate surface area is 192 Å². The number of fused-ring (bicyclic) bond motifs is 1. The van der Waals surface area contributed by atoms with Crippen molar-refractivity contribution in [1.82, 2.24) is 0 Å². The summed E-state index contributed by atoms with van der Waals surface area (Å²) in [7, 11) is 0. The molecule has 2 aliphatic rings. The third-order valence-electron chi connectivity index (χ3n) is 5.79. The number of aliphatic hydroxyl groups is 1. The third-order valence-corrected chi connectivity index (χ3v) is 5.79. The molecule has 2 fully saturated rings. The molecule has 0 bridgehead atoms. The second-order valence-electron chi connectivity index (χ2n) is 8.72. The molecule has 1 unspecified atom stereocenters. The van der Waals surface area contributed by atoms with E-state index >= 15 is 0 Å². The van der Waals surface area contributed by atoms with Crippen LogP contribution >= 0.6 is 0 Å². The first-order valence-corrected chi connectivity index (χ1v) is 10.9. The van der Waals surface area contributed by atoms with E-state index in [0.717, 1.165) is 11.1 Å². The molecule has 0 aromatic heterocycles. The summed E-state index contributed by atoms with van der Waals surface area (Å²) in [5.41, 5.74) is 9.83. The van der Waals surface area contributed by atoms with Crippen molar-refractivity contribution in [3.8, 4) is 0 Å². The van der Waals surface area contributed by atoms with Crippen LogP contribution in [0.3, 0.4) is 0 Å². The molecule has 0 aliphatic carbocycles. The van der Waals surface area contributed by atoms with Crippen LogP contribution in [-0.4, -0.2) is 54.2 Å². The Kier molecular flexibility index (Phi) is 7.31. The zero-order valence-corrected chi connectivity index (χ0v) is 18.7. The first-order chi connectivity index (χ1) is 16.0. The molecule has 2 aromatic rings. The molecule has 2 heterocycles. The lowest BCUT2D eigenvalue weighted by Crippen LogP contribution is -2.54. The molecule has 1 N–H and O–H groups in total. The summed E-state index contributed by atoms with van der Waals surface area (Å²) in [6, 6.07) is 19.3. The first-order valence-electron chi connectivity index (χ1n) is 10.9. The van der Waals surface area contributed by atoms with Gasteiger partial charge < -0.3 is 28.8 Å². The summed E-state index contributed by atoms with van der Waals surface area (Å²) in [4.78, 5) is 2.99. The van der Waals surface area contributed by atoms with Gasteiger partial charge in [0.1, 0.15) is 23.9 Å². The van der Waals surface area contributed by atoms with E-state index in [1.807, 2.05) is 60.7 Å². The van der Waals surface area contributed by atoms with Crippen LogP contribution in [-0.2, 0) is 36.9 Å². The number of hydrogen-bond donors (Lipinski definition) is 1. The minimum Gasteiger partial charge on any atom is -0.395 e. The molecule has 176 valence electrons. The molecule has 2 aliphatic heterocycles. The summed E-state index contributed by atoms with van der Waals surface area (Å²) in [5, 5.41) is 14.3. The number of hydrogen-bond acceptors (Lipinski definition) is 7. The van der Waals surface area contributed by atoms with Gasteiger partial charge in [0, 0.05) is 4.91 Å². The average molecular weight is 456 g/mol. The van der Waals surface area contributed by atoms with Gasteiger partial charge in [-0.15, -0.1) is 0 Å². The fourth-order valence-electron chi connectivity index (χ4n) is 4.20. The van der Waals surface area contributed by atoms with E-state index in [1.54, 1.807) is 13.8 Å². The quantitative estimate of drug-likeness (QED) is 0.332. The molecule has 33 heavy (non-hydrogen) atoms. The highest BCUT2D eigenvalue weighted by atomic mass is 16.8. The molecule has 4 rings (SSSR count). The number of azide groups is 1. The summed E-state index contributed by atoms with van der Waals surface area (Å²) in [5.74, 6) is -0.848. The predicted molar refractivity (Wildman–Crippen MR) is 119 cm³/mol. The van der Waals surface area contributed by atoms with Crippen molar-refractivity contribution in [2.45, 2.75) is 63.0 Å². The van der Waals surface area contributed by atoms with Crippen LogP contribution in [0.2, 0.25) is 0 Å². The average Bonchev–Trinajstić information content (AvgIpc) is 3.30. The van der Waals surface area contributed by atoms with Gasteiger partial charge >= 0.3 is 0 Å². The van der Waals surface area contributed by atoms with E-state index in [0.29, 0.717) is 13.2 Å². The summed E-state index contributed by atoms with van der Waals surface area (Å²) < 4.78 is 30.2. The zero-order chi connectivity index (χ0) is 23.3. The number of nitrogens with zero attached hydrogens (tertiary/aromatic N) is 3. The van der Waals surface area contributed by atoms with Crippen LogP contribution in [0.4, 0.5) is 0 Å². The molecule has 5 atom stereocenters. The standard InChI is InChI=1S/C24H29N3O6/c1-23(2)32-20-19(30-14-18-11-7-4-8-12-18)21(31-22(20)33-23)24(15-28,26-27-25)16-29-13-17-9-5-3-6-10-17/h3-12,19-22,28H,13-16H2,1-2H3/t19-,20+,21-,22+,24?/m0/s1. The fourth-order valence-corrected chi connectivity index (χ4v) is 4.20. The van der Waals surface area contributed by atoms with Crippen molar-refractivity contribution in [1.29, 1.82) is 0 Å². The highest BCUT2D eigenvalue weighted by molar-refractivity contribution is 5.15. The van der Waals surface area contributed by atoms with Crippen molar-refractivity contribution in [2.24, 2.45) is 5.11 Å². The maximum absolute atomic E-state index is 10.4. The molecule has 9 nitrogen and oxygen atoms in total.